The van der Waals surface area contributed by atoms with Gasteiger partial charge in [0.2, 0.25) is 0 Å². The summed E-state index contributed by atoms with van der Waals surface area (Å²) in [6.45, 7) is 7.99. The normalized spacial score (nSPS) is 18.3. The number of rotatable bonds is 7. The van der Waals surface area contributed by atoms with Gasteiger partial charge in [0, 0.05) is 17.3 Å². The molecule has 0 fully saturated rings. The van der Waals surface area contributed by atoms with Crippen LogP contribution in [0.2, 0.25) is 0 Å². The lowest BCUT2D eigenvalue weighted by Gasteiger charge is -2.33. The SMILES string of the molecule is CCOC(=O)C1=C(Nc2ccc(C)cc2)C=C(C)[C@H](C(=O)OCC)[C@@H]1c1ccccc1. The van der Waals surface area contributed by atoms with E-state index in [0.717, 1.165) is 22.4 Å². The lowest BCUT2D eigenvalue weighted by atomic mass is 9.72. The molecule has 0 radical (unpaired) electrons. The van der Waals surface area contributed by atoms with Crippen LogP contribution in [-0.4, -0.2) is 25.2 Å². The molecule has 0 heterocycles. The number of carbonyl (C=O) groups excluding carboxylic acids is 2. The molecule has 31 heavy (non-hydrogen) atoms. The van der Waals surface area contributed by atoms with E-state index in [0.29, 0.717) is 11.3 Å². The summed E-state index contributed by atoms with van der Waals surface area (Å²) in [7, 11) is 0. The highest BCUT2D eigenvalue weighted by atomic mass is 16.5. The highest BCUT2D eigenvalue weighted by Gasteiger charge is 2.42. The third-order valence-corrected chi connectivity index (χ3v) is 5.32. The Morgan fingerprint density at radius 3 is 2.16 bits per heavy atom. The maximum Gasteiger partial charge on any atom is 0.336 e. The van der Waals surface area contributed by atoms with Gasteiger partial charge in [0.05, 0.1) is 24.7 Å². The van der Waals surface area contributed by atoms with Crippen LogP contribution in [0, 0.1) is 12.8 Å². The number of aryl methyl sites for hydroxylation is 1. The number of nitrogens with one attached hydrogen (secondary N) is 1. The Morgan fingerprint density at radius 2 is 1.55 bits per heavy atom. The molecule has 5 heteroatoms. The number of benzene rings is 2. The lowest BCUT2D eigenvalue weighted by Crippen LogP contribution is -2.34. The van der Waals surface area contributed by atoms with Crippen LogP contribution < -0.4 is 5.32 Å². The first-order chi connectivity index (χ1) is 15.0. The third-order valence-electron chi connectivity index (χ3n) is 5.32. The highest BCUT2D eigenvalue weighted by Crippen LogP contribution is 2.43. The van der Waals surface area contributed by atoms with E-state index in [1.54, 1.807) is 13.8 Å². The van der Waals surface area contributed by atoms with Crippen molar-refractivity contribution in [2.75, 3.05) is 18.5 Å². The smallest absolute Gasteiger partial charge is 0.336 e. The van der Waals surface area contributed by atoms with Crippen LogP contribution in [0.3, 0.4) is 0 Å². The summed E-state index contributed by atoms with van der Waals surface area (Å²) < 4.78 is 10.8. The van der Waals surface area contributed by atoms with Gasteiger partial charge < -0.3 is 14.8 Å². The molecule has 0 aliphatic heterocycles. The maximum atomic E-state index is 13.2. The quantitative estimate of drug-likeness (QED) is 0.629. The standard InChI is InChI=1S/C26H29NO4/c1-5-30-25(28)22-18(4)16-21(27-20-14-12-17(3)13-15-20)24(26(29)31-6-2)23(22)19-10-8-7-9-11-19/h7-16,22-23,27H,5-6H2,1-4H3/t22-,23-/m0/s1. The van der Waals surface area contributed by atoms with Crippen molar-refractivity contribution in [2.45, 2.75) is 33.6 Å². The molecule has 2 aromatic carbocycles. The summed E-state index contributed by atoms with van der Waals surface area (Å²) in [5.74, 6) is -1.91. The minimum Gasteiger partial charge on any atom is -0.466 e. The third kappa shape index (κ3) is 5.05. The molecule has 0 saturated carbocycles. The summed E-state index contributed by atoms with van der Waals surface area (Å²) in [6.07, 6.45) is 1.85. The minimum atomic E-state index is -0.606. The molecule has 2 atom stereocenters. The zero-order chi connectivity index (χ0) is 22.4. The van der Waals surface area contributed by atoms with Crippen molar-refractivity contribution < 1.29 is 19.1 Å². The van der Waals surface area contributed by atoms with Crippen molar-refractivity contribution in [2.24, 2.45) is 5.92 Å². The number of carbonyl (C=O) groups is 2. The molecular formula is C26H29NO4. The fourth-order valence-electron chi connectivity index (χ4n) is 3.91. The van der Waals surface area contributed by atoms with Gasteiger partial charge in [-0.2, -0.15) is 0 Å². The van der Waals surface area contributed by atoms with Crippen molar-refractivity contribution in [3.8, 4) is 0 Å². The molecule has 0 spiro atoms. The molecule has 0 amide bonds. The van der Waals surface area contributed by atoms with Crippen molar-refractivity contribution in [3.63, 3.8) is 0 Å². The van der Waals surface area contributed by atoms with Gasteiger partial charge in [0.25, 0.3) is 0 Å². The summed E-state index contributed by atoms with van der Waals surface area (Å²) in [5, 5.41) is 3.37. The number of allylic oxidation sites excluding steroid dienone is 1. The van der Waals surface area contributed by atoms with Gasteiger partial charge in [-0.25, -0.2) is 4.79 Å². The number of anilines is 1. The highest BCUT2D eigenvalue weighted by molar-refractivity contribution is 5.95. The van der Waals surface area contributed by atoms with E-state index in [1.165, 1.54) is 0 Å². The van der Waals surface area contributed by atoms with Gasteiger partial charge in [-0.1, -0.05) is 53.6 Å². The average molecular weight is 420 g/mol. The Hall–Kier alpha value is -3.34. The maximum absolute atomic E-state index is 13.2. The monoisotopic (exact) mass is 419 g/mol. The zero-order valence-corrected chi connectivity index (χ0v) is 18.5. The van der Waals surface area contributed by atoms with E-state index in [1.807, 2.05) is 74.5 Å². The molecular weight excluding hydrogens is 390 g/mol. The van der Waals surface area contributed by atoms with E-state index < -0.39 is 17.8 Å². The van der Waals surface area contributed by atoms with Crippen LogP contribution in [0.4, 0.5) is 5.69 Å². The Kier molecular flexibility index (Phi) is 7.29. The van der Waals surface area contributed by atoms with Crippen LogP contribution in [0.25, 0.3) is 0 Å². The van der Waals surface area contributed by atoms with Crippen LogP contribution >= 0.6 is 0 Å². The summed E-state index contributed by atoms with van der Waals surface area (Å²) in [6, 6.07) is 17.5. The molecule has 0 unspecified atom stereocenters. The number of hydrogen-bond donors (Lipinski definition) is 1. The number of hydrogen-bond acceptors (Lipinski definition) is 5. The van der Waals surface area contributed by atoms with Crippen molar-refractivity contribution >= 4 is 17.6 Å². The predicted molar refractivity (Wildman–Crippen MR) is 122 cm³/mol. The molecule has 3 rings (SSSR count). The first-order valence-electron chi connectivity index (χ1n) is 10.6. The first-order valence-corrected chi connectivity index (χ1v) is 10.6. The van der Waals surface area contributed by atoms with Gasteiger partial charge in [-0.3, -0.25) is 4.79 Å². The molecule has 5 nitrogen and oxygen atoms in total. The summed E-state index contributed by atoms with van der Waals surface area (Å²) in [4.78, 5) is 26.1. The predicted octanol–water partition coefficient (Wildman–Crippen LogP) is 5.15. The van der Waals surface area contributed by atoms with E-state index >= 15 is 0 Å². The molecule has 1 aliphatic carbocycles. The second kappa shape index (κ2) is 10.1. The van der Waals surface area contributed by atoms with Crippen molar-refractivity contribution in [3.05, 3.63) is 88.6 Å². The molecule has 1 aliphatic rings. The molecule has 0 saturated heterocycles. The molecule has 0 aromatic heterocycles. The van der Waals surface area contributed by atoms with Gasteiger partial charge in [0.15, 0.2) is 0 Å². The lowest BCUT2D eigenvalue weighted by molar-refractivity contribution is -0.147. The summed E-state index contributed by atoms with van der Waals surface area (Å²) in [5.41, 5.74) is 4.75. The molecule has 162 valence electrons. The second-order valence-electron chi connectivity index (χ2n) is 7.55. The molecule has 0 bridgehead atoms. The van der Waals surface area contributed by atoms with E-state index in [4.69, 9.17) is 9.47 Å². The van der Waals surface area contributed by atoms with Crippen LogP contribution in [0.15, 0.2) is 77.5 Å². The van der Waals surface area contributed by atoms with Crippen LogP contribution in [0.1, 0.15) is 37.8 Å². The Balaban J connectivity index is 2.17. The summed E-state index contributed by atoms with van der Waals surface area (Å²) >= 11 is 0. The van der Waals surface area contributed by atoms with Gasteiger partial charge in [-0.05, 0) is 51.5 Å². The van der Waals surface area contributed by atoms with Gasteiger partial charge >= 0.3 is 11.9 Å². The second-order valence-corrected chi connectivity index (χ2v) is 7.55. The number of ether oxygens (including phenoxy) is 2. The van der Waals surface area contributed by atoms with Crippen molar-refractivity contribution in [1.82, 2.24) is 0 Å². The zero-order valence-electron chi connectivity index (χ0n) is 18.5. The Bertz CT molecular complexity index is 990. The first kappa shape index (κ1) is 22.3. The largest absolute Gasteiger partial charge is 0.466 e. The molecule has 2 aromatic rings. The Labute approximate surface area is 183 Å². The van der Waals surface area contributed by atoms with E-state index in [9.17, 15) is 9.59 Å². The average Bonchev–Trinajstić information content (AvgIpc) is 2.75. The number of esters is 2. The molecule has 1 N–H and O–H groups in total. The Morgan fingerprint density at radius 1 is 0.903 bits per heavy atom. The van der Waals surface area contributed by atoms with Crippen LogP contribution in [0.5, 0.6) is 0 Å². The topological polar surface area (TPSA) is 64.6 Å². The fraction of sp³-hybridized carbons (Fsp3) is 0.308. The van der Waals surface area contributed by atoms with E-state index in [-0.39, 0.29) is 19.2 Å². The fourth-order valence-corrected chi connectivity index (χ4v) is 3.91. The van der Waals surface area contributed by atoms with Crippen LogP contribution in [-0.2, 0) is 19.1 Å². The van der Waals surface area contributed by atoms with Crippen molar-refractivity contribution in [1.29, 1.82) is 0 Å². The van der Waals surface area contributed by atoms with Gasteiger partial charge in [0.1, 0.15) is 0 Å². The van der Waals surface area contributed by atoms with Gasteiger partial charge in [-0.15, -0.1) is 0 Å². The van der Waals surface area contributed by atoms with E-state index in [2.05, 4.69) is 5.32 Å². The minimum absolute atomic E-state index is 0.244.